The first-order valence-electron chi connectivity index (χ1n) is 7.61. The van der Waals surface area contributed by atoms with E-state index < -0.39 is 6.10 Å². The summed E-state index contributed by atoms with van der Waals surface area (Å²) in [5.74, 6) is 0.606. The van der Waals surface area contributed by atoms with E-state index in [0.717, 1.165) is 30.9 Å². The van der Waals surface area contributed by atoms with Crippen LogP contribution in [0.2, 0.25) is 0 Å². The van der Waals surface area contributed by atoms with E-state index in [9.17, 15) is 4.79 Å². The fourth-order valence-electron chi connectivity index (χ4n) is 2.90. The van der Waals surface area contributed by atoms with Gasteiger partial charge in [0, 0.05) is 6.54 Å². The summed E-state index contributed by atoms with van der Waals surface area (Å²) < 4.78 is 5.56. The largest absolute Gasteiger partial charge is 0.479 e. The van der Waals surface area contributed by atoms with Crippen molar-refractivity contribution >= 4 is 23.2 Å². The number of hydrogen-bond acceptors (Lipinski definition) is 3. The van der Waals surface area contributed by atoms with Crippen LogP contribution in [0.4, 0.5) is 5.69 Å². The third kappa shape index (κ3) is 3.33. The molecule has 1 amide bonds. The van der Waals surface area contributed by atoms with Gasteiger partial charge in [0.05, 0.1) is 11.1 Å². The van der Waals surface area contributed by atoms with Gasteiger partial charge in [-0.05, 0) is 50.6 Å². The minimum absolute atomic E-state index is 0.0651. The summed E-state index contributed by atoms with van der Waals surface area (Å²) in [6.07, 6.45) is 3.40. The molecule has 3 rings (SSSR count). The van der Waals surface area contributed by atoms with Crippen LogP contribution < -0.4 is 10.1 Å². The number of halogens is 1. The first kappa shape index (κ1) is 14.7. The van der Waals surface area contributed by atoms with Crippen LogP contribution in [-0.4, -0.2) is 36.5 Å². The van der Waals surface area contributed by atoms with Gasteiger partial charge in [-0.15, -0.1) is 11.6 Å². The minimum atomic E-state index is -0.441. The number of nitrogens with zero attached hydrogens (tertiary/aromatic N) is 1. The van der Waals surface area contributed by atoms with Crippen molar-refractivity contribution in [2.24, 2.45) is 0 Å². The van der Waals surface area contributed by atoms with E-state index in [2.05, 4.69) is 10.2 Å². The van der Waals surface area contributed by atoms with E-state index in [1.165, 1.54) is 19.3 Å². The van der Waals surface area contributed by atoms with E-state index in [0.29, 0.717) is 5.75 Å². The van der Waals surface area contributed by atoms with Crippen LogP contribution >= 0.6 is 11.6 Å². The van der Waals surface area contributed by atoms with E-state index in [4.69, 9.17) is 16.3 Å². The summed E-state index contributed by atoms with van der Waals surface area (Å²) in [5.41, 5.74) is 1.75. The number of benzene rings is 1. The average Bonchev–Trinajstić information content (AvgIpc) is 2.49. The van der Waals surface area contributed by atoms with Gasteiger partial charge in [-0.1, -0.05) is 12.5 Å². The number of fused-ring (bicyclic) bond motifs is 1. The number of carbonyl (C=O) groups is 1. The van der Waals surface area contributed by atoms with Gasteiger partial charge in [-0.25, -0.2) is 0 Å². The molecule has 2 atom stereocenters. The molecule has 2 unspecified atom stereocenters. The van der Waals surface area contributed by atoms with Gasteiger partial charge in [0.25, 0.3) is 5.91 Å². The Morgan fingerprint density at radius 2 is 2.14 bits per heavy atom. The highest BCUT2D eigenvalue weighted by atomic mass is 35.5. The van der Waals surface area contributed by atoms with Gasteiger partial charge in [-0.3, -0.25) is 4.79 Å². The highest BCUT2D eigenvalue weighted by Crippen LogP contribution is 2.34. The third-order valence-electron chi connectivity index (χ3n) is 4.16. The Labute approximate surface area is 130 Å². The summed E-state index contributed by atoms with van der Waals surface area (Å²) in [4.78, 5) is 14.1. The second-order valence-corrected chi connectivity index (χ2v) is 6.36. The van der Waals surface area contributed by atoms with Gasteiger partial charge in [0.2, 0.25) is 0 Å². The smallest absolute Gasteiger partial charge is 0.265 e. The molecule has 0 aliphatic carbocycles. The summed E-state index contributed by atoms with van der Waals surface area (Å²) in [5, 5.41) is 2.81. The number of ether oxygens (including phenoxy) is 1. The molecule has 1 N–H and O–H groups in total. The molecule has 5 heteroatoms. The monoisotopic (exact) mass is 308 g/mol. The van der Waals surface area contributed by atoms with Crippen molar-refractivity contribution in [3.8, 4) is 5.75 Å². The third-order valence-corrected chi connectivity index (χ3v) is 4.55. The highest BCUT2D eigenvalue weighted by molar-refractivity contribution is 6.21. The first-order chi connectivity index (χ1) is 10.1. The molecule has 1 aromatic carbocycles. The van der Waals surface area contributed by atoms with E-state index >= 15 is 0 Å². The van der Waals surface area contributed by atoms with E-state index in [1.807, 2.05) is 18.2 Å². The van der Waals surface area contributed by atoms with Gasteiger partial charge in [-0.2, -0.15) is 0 Å². The number of anilines is 1. The topological polar surface area (TPSA) is 41.6 Å². The Balaban J connectivity index is 1.71. The average molecular weight is 309 g/mol. The maximum atomic E-state index is 11.7. The molecule has 0 bridgehead atoms. The maximum absolute atomic E-state index is 11.7. The van der Waals surface area contributed by atoms with Crippen molar-refractivity contribution in [2.75, 3.05) is 25.0 Å². The van der Waals surface area contributed by atoms with E-state index in [1.54, 1.807) is 6.92 Å². The van der Waals surface area contributed by atoms with Crippen molar-refractivity contribution in [3.05, 3.63) is 23.8 Å². The lowest BCUT2D eigenvalue weighted by molar-refractivity contribution is -0.122. The number of amides is 1. The van der Waals surface area contributed by atoms with Crippen molar-refractivity contribution in [1.29, 1.82) is 0 Å². The van der Waals surface area contributed by atoms with Gasteiger partial charge in [0.15, 0.2) is 6.10 Å². The van der Waals surface area contributed by atoms with Gasteiger partial charge < -0.3 is 15.0 Å². The molecule has 21 heavy (non-hydrogen) atoms. The summed E-state index contributed by atoms with van der Waals surface area (Å²) >= 11 is 6.55. The number of carbonyl (C=O) groups excluding carboxylic acids is 1. The highest BCUT2D eigenvalue weighted by Gasteiger charge is 2.24. The van der Waals surface area contributed by atoms with E-state index in [-0.39, 0.29) is 11.3 Å². The molecule has 2 aliphatic rings. The first-order valence-corrected chi connectivity index (χ1v) is 8.05. The van der Waals surface area contributed by atoms with Crippen molar-refractivity contribution in [2.45, 2.75) is 37.7 Å². The lowest BCUT2D eigenvalue weighted by Gasteiger charge is -2.29. The fourth-order valence-corrected chi connectivity index (χ4v) is 3.23. The van der Waals surface area contributed by atoms with Crippen LogP contribution in [-0.2, 0) is 4.79 Å². The molecule has 0 aromatic heterocycles. The van der Waals surface area contributed by atoms with Crippen LogP contribution in [0.5, 0.6) is 5.75 Å². The molecular weight excluding hydrogens is 288 g/mol. The molecule has 1 aromatic rings. The second-order valence-electron chi connectivity index (χ2n) is 5.83. The zero-order chi connectivity index (χ0) is 14.8. The van der Waals surface area contributed by atoms with Crippen molar-refractivity contribution in [1.82, 2.24) is 4.90 Å². The summed E-state index contributed by atoms with van der Waals surface area (Å²) in [6.45, 7) is 4.86. The fraction of sp³-hybridized carbons (Fsp3) is 0.562. The lowest BCUT2D eigenvalue weighted by Crippen LogP contribution is -2.34. The number of piperidine rings is 1. The number of rotatable bonds is 3. The Bertz CT molecular complexity index is 529. The zero-order valence-corrected chi connectivity index (χ0v) is 13.0. The molecular formula is C16H21ClN2O2. The minimum Gasteiger partial charge on any atom is -0.479 e. The second kappa shape index (κ2) is 6.24. The normalized spacial score (nSPS) is 23.9. The molecule has 2 aliphatic heterocycles. The molecule has 0 radical (unpaired) electrons. The van der Waals surface area contributed by atoms with Gasteiger partial charge in [0.1, 0.15) is 5.75 Å². The van der Waals surface area contributed by atoms with Crippen molar-refractivity contribution < 1.29 is 9.53 Å². The lowest BCUT2D eigenvalue weighted by atomic mass is 10.1. The Morgan fingerprint density at radius 1 is 1.38 bits per heavy atom. The zero-order valence-electron chi connectivity index (χ0n) is 12.3. The molecule has 1 fully saturated rings. The number of alkyl halides is 1. The standard InChI is InChI=1S/C16H21ClN2O2/c1-11-16(20)18-14-9-12(5-6-15(14)21-11)13(17)10-19-7-3-2-4-8-19/h5-6,9,11,13H,2-4,7-8,10H2,1H3,(H,18,20). The predicted octanol–water partition coefficient (Wildman–Crippen LogP) is 3.17. The molecule has 0 saturated carbocycles. The van der Waals surface area contributed by atoms with Crippen LogP contribution in [0.25, 0.3) is 0 Å². The molecule has 114 valence electrons. The quantitative estimate of drug-likeness (QED) is 0.872. The SMILES string of the molecule is CC1Oc2ccc(C(Cl)CN3CCCCC3)cc2NC1=O. The Kier molecular flexibility index (Phi) is 4.36. The van der Waals surface area contributed by atoms with Gasteiger partial charge >= 0.3 is 0 Å². The molecule has 1 saturated heterocycles. The summed E-state index contributed by atoms with van der Waals surface area (Å²) in [6, 6.07) is 5.82. The summed E-state index contributed by atoms with van der Waals surface area (Å²) in [7, 11) is 0. The molecule has 0 spiro atoms. The predicted molar refractivity (Wildman–Crippen MR) is 84.0 cm³/mol. The van der Waals surface area contributed by atoms with Crippen LogP contribution in [0.1, 0.15) is 37.1 Å². The molecule has 4 nitrogen and oxygen atoms in total. The van der Waals surface area contributed by atoms with Crippen molar-refractivity contribution in [3.63, 3.8) is 0 Å². The number of nitrogens with one attached hydrogen (secondary N) is 1. The van der Waals surface area contributed by atoms with Crippen LogP contribution in [0.3, 0.4) is 0 Å². The van der Waals surface area contributed by atoms with Crippen LogP contribution in [0.15, 0.2) is 18.2 Å². The van der Waals surface area contributed by atoms with Crippen LogP contribution in [0, 0.1) is 0 Å². The maximum Gasteiger partial charge on any atom is 0.265 e. The number of hydrogen-bond donors (Lipinski definition) is 1. The Hall–Kier alpha value is -1.26. The number of likely N-dealkylation sites (tertiary alicyclic amines) is 1. The molecule has 2 heterocycles. The Morgan fingerprint density at radius 3 is 2.90 bits per heavy atom.